The van der Waals surface area contributed by atoms with Gasteiger partial charge in [-0.2, -0.15) is 0 Å². The van der Waals surface area contributed by atoms with Crippen molar-refractivity contribution < 1.29 is 14.2 Å². The Morgan fingerprint density at radius 3 is 2.18 bits per heavy atom. The molecule has 5 heteroatoms. The highest BCUT2D eigenvalue weighted by atomic mass is 79.9. The monoisotopic (exact) mass is 358 g/mol. The molecule has 0 spiro atoms. The van der Waals surface area contributed by atoms with Crippen LogP contribution in [0.4, 0.5) is 0 Å². The van der Waals surface area contributed by atoms with Crippen molar-refractivity contribution in [2.45, 2.75) is 6.82 Å². The second-order valence-corrected chi connectivity index (χ2v) is 5.46. The third-order valence-corrected chi connectivity index (χ3v) is 3.59. The first kappa shape index (κ1) is 16.4. The minimum Gasteiger partial charge on any atom is -0.564 e. The van der Waals surface area contributed by atoms with Crippen LogP contribution >= 0.6 is 15.9 Å². The van der Waals surface area contributed by atoms with E-state index in [1.54, 1.807) is 19.2 Å². The number of allylic oxidation sites excluding steroid dienone is 1. The van der Waals surface area contributed by atoms with Crippen LogP contribution in [0, 0.1) is 0 Å². The van der Waals surface area contributed by atoms with Gasteiger partial charge in [0.1, 0.15) is 11.5 Å². The lowest BCUT2D eigenvalue weighted by molar-refractivity contribution is 0.104. The lowest BCUT2D eigenvalue weighted by Crippen LogP contribution is -2.00. The van der Waals surface area contributed by atoms with Gasteiger partial charge in [-0.15, -0.1) is 0 Å². The van der Waals surface area contributed by atoms with E-state index >= 15 is 0 Å². The molecule has 0 radical (unpaired) electrons. The summed E-state index contributed by atoms with van der Waals surface area (Å²) in [5.41, 5.74) is 1.46. The second kappa shape index (κ2) is 7.85. The lowest BCUT2D eigenvalue weighted by atomic mass is 10.0. The number of methoxy groups -OCH3 is 1. The van der Waals surface area contributed by atoms with E-state index in [1.165, 1.54) is 6.08 Å². The third-order valence-electron chi connectivity index (χ3n) is 3.07. The number of ketones is 1. The summed E-state index contributed by atoms with van der Waals surface area (Å²) in [5, 5.41) is 0. The SMILES string of the molecule is CBO/C(=C\C(=O)c1ccc(Br)cc1)c1ccc(OC)cc1. The van der Waals surface area contributed by atoms with Gasteiger partial charge in [0, 0.05) is 21.7 Å². The lowest BCUT2D eigenvalue weighted by Gasteiger charge is -2.10. The molecule has 0 bridgehead atoms. The predicted molar refractivity (Wildman–Crippen MR) is 93.5 cm³/mol. The maximum absolute atomic E-state index is 12.3. The number of halogens is 1. The summed E-state index contributed by atoms with van der Waals surface area (Å²) in [6.45, 7) is 1.89. The number of carbonyl (C=O) groups is 1. The third kappa shape index (κ3) is 4.24. The van der Waals surface area contributed by atoms with Crippen molar-refractivity contribution in [2.75, 3.05) is 7.11 Å². The van der Waals surface area contributed by atoms with E-state index < -0.39 is 0 Å². The number of carbonyl (C=O) groups excluding carboxylic acids is 1. The van der Waals surface area contributed by atoms with Crippen molar-refractivity contribution in [3.63, 3.8) is 0 Å². The Morgan fingerprint density at radius 2 is 1.64 bits per heavy atom. The Balaban J connectivity index is 2.28. The Hall–Kier alpha value is -2.01. The fraction of sp³-hybridized carbons (Fsp3) is 0.118. The highest BCUT2D eigenvalue weighted by molar-refractivity contribution is 9.10. The van der Waals surface area contributed by atoms with E-state index in [0.717, 1.165) is 15.8 Å². The molecule has 2 aromatic rings. The molecule has 0 aromatic heterocycles. The fourth-order valence-electron chi connectivity index (χ4n) is 1.94. The van der Waals surface area contributed by atoms with Crippen LogP contribution in [0.1, 0.15) is 15.9 Å². The largest absolute Gasteiger partial charge is 0.564 e. The first-order valence-corrected chi connectivity index (χ1v) is 7.72. The van der Waals surface area contributed by atoms with Gasteiger partial charge in [-0.3, -0.25) is 4.79 Å². The van der Waals surface area contributed by atoms with Crippen molar-refractivity contribution in [3.05, 3.63) is 70.2 Å². The number of ether oxygens (including phenoxy) is 1. The Bertz CT molecular complexity index is 663. The van der Waals surface area contributed by atoms with E-state index in [9.17, 15) is 4.79 Å². The van der Waals surface area contributed by atoms with E-state index in [-0.39, 0.29) is 5.78 Å². The van der Waals surface area contributed by atoms with Gasteiger partial charge < -0.3 is 9.39 Å². The van der Waals surface area contributed by atoms with E-state index in [1.807, 2.05) is 43.2 Å². The van der Waals surface area contributed by atoms with Crippen molar-refractivity contribution in [2.24, 2.45) is 0 Å². The average molecular weight is 359 g/mol. The van der Waals surface area contributed by atoms with Gasteiger partial charge in [0.25, 0.3) is 0 Å². The van der Waals surface area contributed by atoms with Crippen LogP contribution in [0.5, 0.6) is 5.75 Å². The molecule has 0 atom stereocenters. The number of rotatable bonds is 6. The molecule has 0 N–H and O–H groups in total. The molecule has 3 nitrogen and oxygen atoms in total. The van der Waals surface area contributed by atoms with Crippen molar-refractivity contribution in [1.82, 2.24) is 0 Å². The molecular weight excluding hydrogens is 343 g/mol. The molecular formula is C17H16BBrO3. The van der Waals surface area contributed by atoms with Crippen LogP contribution in [0.3, 0.4) is 0 Å². The first-order chi connectivity index (χ1) is 10.6. The Morgan fingerprint density at radius 1 is 1.05 bits per heavy atom. The molecule has 0 amide bonds. The summed E-state index contributed by atoms with van der Waals surface area (Å²) in [6, 6.07) is 14.7. The fourth-order valence-corrected chi connectivity index (χ4v) is 2.20. The minimum atomic E-state index is -0.0910. The predicted octanol–water partition coefficient (Wildman–Crippen LogP) is 4.10. The van der Waals surface area contributed by atoms with Crippen LogP contribution < -0.4 is 4.74 Å². The molecule has 22 heavy (non-hydrogen) atoms. The molecule has 2 rings (SSSR count). The highest BCUT2D eigenvalue weighted by Gasteiger charge is 2.08. The Kier molecular flexibility index (Phi) is 5.84. The van der Waals surface area contributed by atoms with Gasteiger partial charge in [0.05, 0.1) is 7.11 Å². The van der Waals surface area contributed by atoms with Crippen molar-refractivity contribution >= 4 is 35.0 Å². The van der Waals surface area contributed by atoms with Gasteiger partial charge in [-0.05, 0) is 48.5 Å². The summed E-state index contributed by atoms with van der Waals surface area (Å²) < 4.78 is 11.7. The van der Waals surface area contributed by atoms with E-state index in [4.69, 9.17) is 9.39 Å². The zero-order chi connectivity index (χ0) is 15.9. The molecule has 2 aromatic carbocycles. The van der Waals surface area contributed by atoms with Gasteiger partial charge in [0.15, 0.2) is 5.78 Å². The van der Waals surface area contributed by atoms with Crippen LogP contribution in [0.15, 0.2) is 59.1 Å². The molecule has 0 aliphatic carbocycles. The molecule has 0 saturated carbocycles. The zero-order valence-electron chi connectivity index (χ0n) is 12.5. The van der Waals surface area contributed by atoms with Gasteiger partial charge in [-0.1, -0.05) is 22.8 Å². The second-order valence-electron chi connectivity index (χ2n) is 4.54. The maximum atomic E-state index is 12.3. The molecule has 0 fully saturated rings. The van der Waals surface area contributed by atoms with Crippen LogP contribution in [0.25, 0.3) is 5.76 Å². The van der Waals surface area contributed by atoms with Crippen LogP contribution in [0.2, 0.25) is 6.82 Å². The highest BCUT2D eigenvalue weighted by Crippen LogP contribution is 2.20. The van der Waals surface area contributed by atoms with Crippen molar-refractivity contribution in [1.29, 1.82) is 0 Å². The molecule has 0 aliphatic rings. The smallest absolute Gasteiger partial charge is 0.336 e. The van der Waals surface area contributed by atoms with E-state index in [0.29, 0.717) is 18.8 Å². The Labute approximate surface area is 139 Å². The summed E-state index contributed by atoms with van der Waals surface area (Å²) >= 11 is 3.36. The zero-order valence-corrected chi connectivity index (χ0v) is 14.1. The topological polar surface area (TPSA) is 35.5 Å². The molecule has 0 saturated heterocycles. The summed E-state index contributed by atoms with van der Waals surface area (Å²) in [4.78, 5) is 12.3. The summed E-state index contributed by atoms with van der Waals surface area (Å²) in [5.74, 6) is 1.23. The quantitative estimate of drug-likeness (QED) is 0.337. The van der Waals surface area contributed by atoms with Crippen molar-refractivity contribution in [3.8, 4) is 5.75 Å². The normalized spacial score (nSPS) is 11.0. The number of hydrogen-bond donors (Lipinski definition) is 0. The number of benzene rings is 2. The maximum Gasteiger partial charge on any atom is 0.336 e. The van der Waals surface area contributed by atoms with Crippen LogP contribution in [-0.4, -0.2) is 20.4 Å². The van der Waals surface area contributed by atoms with Gasteiger partial charge in [0.2, 0.25) is 0 Å². The standard InChI is InChI=1S/C17H16BBrO3/c1-18-22-17(13-5-9-15(21-2)10-6-13)11-16(20)12-3-7-14(19)8-4-12/h3-11,18H,1-2H3/b17-11-. The molecule has 0 aliphatic heterocycles. The first-order valence-electron chi connectivity index (χ1n) is 6.93. The van der Waals surface area contributed by atoms with E-state index in [2.05, 4.69) is 15.9 Å². The summed E-state index contributed by atoms with van der Waals surface area (Å²) in [7, 11) is 2.11. The van der Waals surface area contributed by atoms with Gasteiger partial charge in [-0.25, -0.2) is 0 Å². The molecule has 112 valence electrons. The minimum absolute atomic E-state index is 0.0910. The molecule has 0 heterocycles. The summed E-state index contributed by atoms with van der Waals surface area (Å²) in [6.07, 6.45) is 1.52. The molecule has 0 unspecified atom stereocenters. The average Bonchev–Trinajstić information content (AvgIpc) is 2.55. The van der Waals surface area contributed by atoms with Crippen LogP contribution in [-0.2, 0) is 4.65 Å². The van der Waals surface area contributed by atoms with Gasteiger partial charge >= 0.3 is 7.48 Å². The number of hydrogen-bond acceptors (Lipinski definition) is 3.